The summed E-state index contributed by atoms with van der Waals surface area (Å²) in [6.45, 7) is 3.91. The van der Waals surface area contributed by atoms with Crippen molar-refractivity contribution in [3.63, 3.8) is 0 Å². The van der Waals surface area contributed by atoms with Crippen molar-refractivity contribution in [2.24, 2.45) is 0 Å². The number of aromatic nitrogens is 2. The number of carbonyl (C=O) groups excluding carboxylic acids is 1. The Kier molecular flexibility index (Phi) is 7.38. The SMILES string of the molecule is Cc1cc(=O)c(C(=O)NCCCN(C)Cc2ccccc2)nn1-c1ccc(Cl)cc1. The zero-order chi connectivity index (χ0) is 21.5. The third-order valence-electron chi connectivity index (χ3n) is 4.69. The van der Waals surface area contributed by atoms with Crippen molar-refractivity contribution in [3.8, 4) is 5.69 Å². The first kappa shape index (κ1) is 21.7. The molecule has 1 aromatic heterocycles. The van der Waals surface area contributed by atoms with E-state index < -0.39 is 11.3 Å². The van der Waals surface area contributed by atoms with E-state index in [9.17, 15) is 9.59 Å². The number of nitrogens with zero attached hydrogens (tertiary/aromatic N) is 3. The lowest BCUT2D eigenvalue weighted by Crippen LogP contribution is -2.33. The van der Waals surface area contributed by atoms with E-state index in [1.54, 1.807) is 35.9 Å². The maximum absolute atomic E-state index is 12.5. The summed E-state index contributed by atoms with van der Waals surface area (Å²) in [4.78, 5) is 27.0. The van der Waals surface area contributed by atoms with Gasteiger partial charge in [0.2, 0.25) is 5.43 Å². The second-order valence-electron chi connectivity index (χ2n) is 7.22. The van der Waals surface area contributed by atoms with Gasteiger partial charge >= 0.3 is 0 Å². The summed E-state index contributed by atoms with van der Waals surface area (Å²) in [6, 6.07) is 18.7. The van der Waals surface area contributed by atoms with E-state index in [2.05, 4.69) is 27.4 Å². The summed E-state index contributed by atoms with van der Waals surface area (Å²) in [5.41, 5.74) is 2.11. The number of rotatable bonds is 8. The molecule has 7 heteroatoms. The number of aryl methyl sites for hydroxylation is 1. The predicted octanol–water partition coefficient (Wildman–Crippen LogP) is 3.45. The van der Waals surface area contributed by atoms with Gasteiger partial charge in [-0.25, -0.2) is 4.68 Å². The van der Waals surface area contributed by atoms with Crippen molar-refractivity contribution in [2.75, 3.05) is 20.1 Å². The number of amides is 1. The second-order valence-corrected chi connectivity index (χ2v) is 7.66. The summed E-state index contributed by atoms with van der Waals surface area (Å²) < 4.78 is 1.57. The van der Waals surface area contributed by atoms with Crippen molar-refractivity contribution < 1.29 is 4.79 Å². The minimum Gasteiger partial charge on any atom is -0.350 e. The summed E-state index contributed by atoms with van der Waals surface area (Å²) in [7, 11) is 2.04. The third-order valence-corrected chi connectivity index (χ3v) is 4.94. The van der Waals surface area contributed by atoms with E-state index in [-0.39, 0.29) is 5.69 Å². The Balaban J connectivity index is 1.58. The number of nitrogens with one attached hydrogen (secondary N) is 1. The Bertz CT molecular complexity index is 1050. The Hall–Kier alpha value is -2.96. The van der Waals surface area contributed by atoms with Crippen molar-refractivity contribution >= 4 is 17.5 Å². The fraction of sp³-hybridized carbons (Fsp3) is 0.261. The summed E-state index contributed by atoms with van der Waals surface area (Å²) >= 11 is 5.94. The molecule has 0 bridgehead atoms. The Morgan fingerprint density at radius 3 is 2.53 bits per heavy atom. The van der Waals surface area contributed by atoms with E-state index >= 15 is 0 Å². The lowest BCUT2D eigenvalue weighted by atomic mass is 10.2. The zero-order valence-corrected chi connectivity index (χ0v) is 17.9. The first-order valence-electron chi connectivity index (χ1n) is 9.81. The quantitative estimate of drug-likeness (QED) is 0.562. The highest BCUT2D eigenvalue weighted by molar-refractivity contribution is 6.30. The third kappa shape index (κ3) is 5.78. The first-order chi connectivity index (χ1) is 14.4. The fourth-order valence-corrected chi connectivity index (χ4v) is 3.28. The molecule has 3 aromatic rings. The van der Waals surface area contributed by atoms with Crippen LogP contribution in [0.4, 0.5) is 0 Å². The molecule has 1 amide bonds. The van der Waals surface area contributed by atoms with E-state index in [1.165, 1.54) is 11.6 Å². The molecule has 0 fully saturated rings. The standard InChI is InChI=1S/C23H25ClN4O2/c1-17-15-21(29)22(26-28(17)20-11-9-19(24)10-12-20)23(30)25-13-6-14-27(2)16-18-7-4-3-5-8-18/h3-5,7-12,15H,6,13-14,16H2,1-2H3,(H,25,30). The van der Waals surface area contributed by atoms with Crippen LogP contribution in [0.3, 0.4) is 0 Å². The molecule has 3 rings (SSSR count). The lowest BCUT2D eigenvalue weighted by Gasteiger charge is -2.16. The maximum Gasteiger partial charge on any atom is 0.275 e. The Labute approximate surface area is 181 Å². The van der Waals surface area contributed by atoms with Crippen LogP contribution in [0.15, 0.2) is 65.5 Å². The van der Waals surface area contributed by atoms with Gasteiger partial charge in [0.25, 0.3) is 5.91 Å². The molecule has 0 saturated carbocycles. The van der Waals surface area contributed by atoms with E-state index in [0.717, 1.165) is 25.2 Å². The smallest absolute Gasteiger partial charge is 0.275 e. The monoisotopic (exact) mass is 424 g/mol. The fourth-order valence-electron chi connectivity index (χ4n) is 3.16. The number of hydrogen-bond donors (Lipinski definition) is 1. The van der Waals surface area contributed by atoms with Gasteiger partial charge in [-0.15, -0.1) is 0 Å². The Morgan fingerprint density at radius 2 is 1.83 bits per heavy atom. The van der Waals surface area contributed by atoms with Crippen LogP contribution in [0, 0.1) is 6.92 Å². The highest BCUT2D eigenvalue weighted by atomic mass is 35.5. The average Bonchev–Trinajstić information content (AvgIpc) is 2.73. The number of carbonyl (C=O) groups is 1. The molecule has 0 spiro atoms. The number of hydrogen-bond acceptors (Lipinski definition) is 4. The number of benzene rings is 2. The van der Waals surface area contributed by atoms with Gasteiger partial charge < -0.3 is 10.2 Å². The molecular formula is C23H25ClN4O2. The summed E-state index contributed by atoms with van der Waals surface area (Å²) in [5.74, 6) is -0.464. The highest BCUT2D eigenvalue weighted by Gasteiger charge is 2.15. The van der Waals surface area contributed by atoms with Crippen LogP contribution in [0.25, 0.3) is 5.69 Å². The van der Waals surface area contributed by atoms with Crippen LogP contribution in [0.2, 0.25) is 5.02 Å². The van der Waals surface area contributed by atoms with Gasteiger partial charge in [-0.05, 0) is 56.8 Å². The molecule has 1 heterocycles. The average molecular weight is 425 g/mol. The molecule has 0 aliphatic rings. The maximum atomic E-state index is 12.5. The molecule has 0 aliphatic carbocycles. The van der Waals surface area contributed by atoms with Crippen LogP contribution in [-0.2, 0) is 6.54 Å². The molecule has 0 unspecified atom stereocenters. The molecule has 0 atom stereocenters. The van der Waals surface area contributed by atoms with Gasteiger partial charge in [0, 0.05) is 29.9 Å². The van der Waals surface area contributed by atoms with Crippen LogP contribution in [0.5, 0.6) is 0 Å². The van der Waals surface area contributed by atoms with Gasteiger partial charge in [0.1, 0.15) is 0 Å². The van der Waals surface area contributed by atoms with E-state index in [4.69, 9.17) is 11.6 Å². The lowest BCUT2D eigenvalue weighted by molar-refractivity contribution is 0.0944. The molecule has 0 radical (unpaired) electrons. The molecule has 0 aliphatic heterocycles. The van der Waals surface area contributed by atoms with Gasteiger partial charge in [-0.2, -0.15) is 5.10 Å². The van der Waals surface area contributed by atoms with Crippen LogP contribution >= 0.6 is 11.6 Å². The van der Waals surface area contributed by atoms with Gasteiger partial charge in [-0.3, -0.25) is 9.59 Å². The minimum atomic E-state index is -0.464. The largest absolute Gasteiger partial charge is 0.350 e. The van der Waals surface area contributed by atoms with E-state index in [0.29, 0.717) is 17.3 Å². The topological polar surface area (TPSA) is 67.2 Å². The van der Waals surface area contributed by atoms with Crippen LogP contribution in [0.1, 0.15) is 28.2 Å². The van der Waals surface area contributed by atoms with Crippen LogP contribution in [-0.4, -0.2) is 40.7 Å². The zero-order valence-electron chi connectivity index (χ0n) is 17.1. The predicted molar refractivity (Wildman–Crippen MR) is 119 cm³/mol. The minimum absolute atomic E-state index is 0.117. The molecule has 0 saturated heterocycles. The van der Waals surface area contributed by atoms with Gasteiger partial charge in [0.15, 0.2) is 5.69 Å². The molecule has 2 aromatic carbocycles. The van der Waals surface area contributed by atoms with Crippen molar-refractivity contribution in [1.82, 2.24) is 20.0 Å². The normalized spacial score (nSPS) is 10.9. The molecule has 156 valence electrons. The highest BCUT2D eigenvalue weighted by Crippen LogP contribution is 2.13. The van der Waals surface area contributed by atoms with Crippen molar-refractivity contribution in [1.29, 1.82) is 0 Å². The number of halogens is 1. The van der Waals surface area contributed by atoms with Gasteiger partial charge in [0.05, 0.1) is 5.69 Å². The molecule has 1 N–H and O–H groups in total. The molecule has 30 heavy (non-hydrogen) atoms. The molecule has 6 nitrogen and oxygen atoms in total. The van der Waals surface area contributed by atoms with Gasteiger partial charge in [-0.1, -0.05) is 41.9 Å². The van der Waals surface area contributed by atoms with E-state index in [1.807, 2.05) is 25.2 Å². The molecular weight excluding hydrogens is 400 g/mol. The summed E-state index contributed by atoms with van der Waals surface area (Å²) in [6.07, 6.45) is 0.770. The Morgan fingerprint density at radius 1 is 1.13 bits per heavy atom. The van der Waals surface area contributed by atoms with Crippen molar-refractivity contribution in [2.45, 2.75) is 19.9 Å². The van der Waals surface area contributed by atoms with Crippen LogP contribution < -0.4 is 10.7 Å². The first-order valence-corrected chi connectivity index (χ1v) is 10.2. The summed E-state index contributed by atoms with van der Waals surface area (Å²) in [5, 5.41) is 7.69. The van der Waals surface area contributed by atoms with Crippen molar-refractivity contribution in [3.05, 3.63) is 92.9 Å². The second kappa shape index (κ2) is 10.2.